The van der Waals surface area contributed by atoms with Crippen molar-refractivity contribution in [3.8, 4) is 38.4 Å². The van der Waals surface area contributed by atoms with Crippen LogP contribution in [0, 0.1) is 44.4 Å². The van der Waals surface area contributed by atoms with Crippen molar-refractivity contribution in [1.82, 2.24) is 40.6 Å². The molecular weight excluding hydrogens is 965 g/mol. The lowest BCUT2D eigenvalue weighted by molar-refractivity contribution is -0.144. The molecule has 3 aromatic heterocycles. The molecule has 73 heavy (non-hydrogen) atoms. The van der Waals surface area contributed by atoms with Gasteiger partial charge in [0.05, 0.1) is 39.5 Å². The first-order valence-corrected chi connectivity index (χ1v) is 25.7. The van der Waals surface area contributed by atoms with Gasteiger partial charge in [-0.15, -0.1) is 32.9 Å². The van der Waals surface area contributed by atoms with Crippen LogP contribution in [-0.4, -0.2) is 96.2 Å². The van der Waals surface area contributed by atoms with Gasteiger partial charge in [0, 0.05) is 29.0 Å². The predicted octanol–water partition coefficient (Wildman–Crippen LogP) is 8.35. The number of aryl methyl sites for hydroxylation is 3. The van der Waals surface area contributed by atoms with E-state index in [0.29, 0.717) is 17.4 Å². The van der Waals surface area contributed by atoms with Gasteiger partial charge >= 0.3 is 6.09 Å². The number of amides is 4. The molecule has 2 aliphatic heterocycles. The van der Waals surface area contributed by atoms with Crippen molar-refractivity contribution in [3.63, 3.8) is 0 Å². The topological polar surface area (TPSA) is 226 Å². The van der Waals surface area contributed by atoms with E-state index in [-0.39, 0.29) is 30.3 Å². The first-order chi connectivity index (χ1) is 34.5. The van der Waals surface area contributed by atoms with Gasteiger partial charge in [0.25, 0.3) is 5.91 Å². The summed E-state index contributed by atoms with van der Waals surface area (Å²) >= 11 is 3.16. The molecule has 0 radical (unpaired) electrons. The number of likely N-dealkylation sites (tertiary alicyclic amines) is 1. The fourth-order valence-electron chi connectivity index (χ4n) is 8.94. The number of carbonyl (C=O) groups excluding carboxylic acids is 4. The van der Waals surface area contributed by atoms with Crippen LogP contribution in [0.15, 0.2) is 77.2 Å². The Hall–Kier alpha value is -7.27. The number of β-amino-alcohol motifs (C(OH)–C–C–N with tert-alkyl or cyclic N) is 1. The molecule has 6 aromatic rings. The first kappa shape index (κ1) is 52.1. The average molecular weight is 1030 g/mol. The number of ether oxygens (including phenoxy) is 2. The number of thiophene rings is 1. The highest BCUT2D eigenvalue weighted by atomic mass is 32.1. The van der Waals surface area contributed by atoms with Gasteiger partial charge in [-0.1, -0.05) is 75.4 Å². The van der Waals surface area contributed by atoms with E-state index >= 15 is 0 Å². The van der Waals surface area contributed by atoms with E-state index in [9.17, 15) is 29.5 Å². The molecule has 380 valence electrons. The molecule has 0 aliphatic carbocycles. The van der Waals surface area contributed by atoms with Crippen molar-refractivity contribution in [2.75, 3.05) is 13.2 Å². The van der Waals surface area contributed by atoms with E-state index in [0.717, 1.165) is 59.4 Å². The standard InChI is InChI=1S/C54H60N10O7S2/c1-28-31(4)73-51-43(28)44(59-47(48-62-61-32(5)64(48)51)60-52(69)71-54(9,10)11)35-16-14-34(15-17-35)37-20-21-41(38(22-37)24-55)70-26-42(66)58-46(53(6,7)8)50(68)63-25-39(65)23-40(63)49(67)57-29(2)33-12-18-36(19-13-33)45-30(3)56-27-72-45/h12-22,27,29,39-40,46-47,65H,23,25-26H2,1-11H3,(H,57,67)(H,58,66)(H,60,69)/t29-,39+,40-,46+,47?/m0/s1. The van der Waals surface area contributed by atoms with Crippen LogP contribution in [0.25, 0.3) is 26.6 Å². The van der Waals surface area contributed by atoms with Crippen LogP contribution in [-0.2, 0) is 19.1 Å². The predicted molar refractivity (Wildman–Crippen MR) is 280 cm³/mol. The average Bonchev–Trinajstić information content (AvgIpc) is 4.11. The number of aliphatic imine (C=N–C) groups is 1. The number of nitrogens with zero attached hydrogens (tertiary/aromatic N) is 7. The maximum Gasteiger partial charge on any atom is 0.409 e. The number of benzene rings is 3. The third kappa shape index (κ3) is 11.2. The number of carbonyl (C=O) groups is 4. The van der Waals surface area contributed by atoms with Crippen LogP contribution in [0.5, 0.6) is 5.75 Å². The van der Waals surface area contributed by atoms with Crippen molar-refractivity contribution in [2.24, 2.45) is 10.4 Å². The molecule has 2 aliphatic rings. The van der Waals surface area contributed by atoms with Crippen molar-refractivity contribution in [2.45, 2.75) is 119 Å². The highest BCUT2D eigenvalue weighted by Gasteiger charge is 2.45. The van der Waals surface area contributed by atoms with E-state index in [1.165, 1.54) is 4.90 Å². The molecule has 1 unspecified atom stereocenters. The number of thiazole rings is 1. The van der Waals surface area contributed by atoms with Gasteiger partial charge in [0.2, 0.25) is 11.8 Å². The Morgan fingerprint density at radius 3 is 2.22 bits per heavy atom. The Kier molecular flexibility index (Phi) is 14.8. The fourth-order valence-corrected chi connectivity index (χ4v) is 11.0. The maximum atomic E-state index is 14.3. The zero-order valence-corrected chi connectivity index (χ0v) is 44.4. The first-order valence-electron chi connectivity index (χ1n) is 24.0. The van der Waals surface area contributed by atoms with Crippen molar-refractivity contribution >= 4 is 52.2 Å². The molecule has 8 rings (SSSR count). The lowest BCUT2D eigenvalue weighted by Crippen LogP contribution is -2.58. The largest absolute Gasteiger partial charge is 0.482 e. The van der Waals surface area contributed by atoms with Gasteiger partial charge in [-0.05, 0) is 101 Å². The lowest BCUT2D eigenvalue weighted by atomic mass is 9.85. The molecule has 5 atom stereocenters. The molecular formula is C54H60N10O7S2. The number of nitrogens with one attached hydrogen (secondary N) is 3. The van der Waals surface area contributed by atoms with Gasteiger partial charge in [0.1, 0.15) is 40.3 Å². The van der Waals surface area contributed by atoms with Crippen LogP contribution in [0.1, 0.15) is 117 Å². The number of hydrogen-bond acceptors (Lipinski definition) is 14. The Morgan fingerprint density at radius 2 is 1.58 bits per heavy atom. The maximum absolute atomic E-state index is 14.3. The summed E-state index contributed by atoms with van der Waals surface area (Å²) in [7, 11) is 0. The second kappa shape index (κ2) is 20.7. The Morgan fingerprint density at radius 1 is 0.904 bits per heavy atom. The van der Waals surface area contributed by atoms with Crippen molar-refractivity contribution < 1.29 is 33.8 Å². The number of alkyl carbamates (subject to hydrolysis) is 1. The van der Waals surface area contributed by atoms with Gasteiger partial charge in [0.15, 0.2) is 18.6 Å². The number of fused-ring (bicyclic) bond motifs is 3. The third-order valence-corrected chi connectivity index (χ3v) is 15.0. The highest BCUT2D eigenvalue weighted by Crippen LogP contribution is 2.39. The molecule has 0 spiro atoms. The molecule has 5 heterocycles. The molecule has 1 saturated heterocycles. The Bertz CT molecular complexity index is 3160. The smallest absolute Gasteiger partial charge is 0.409 e. The summed E-state index contributed by atoms with van der Waals surface area (Å²) in [5.74, 6) is -0.255. The van der Waals surface area contributed by atoms with Crippen LogP contribution >= 0.6 is 22.7 Å². The molecule has 4 amide bonds. The molecule has 4 N–H and O–H groups in total. The fraction of sp³-hybridized carbons (Fsp3) is 0.389. The normalized spacial score (nSPS) is 17.3. The van der Waals surface area contributed by atoms with E-state index in [1.54, 1.807) is 87.9 Å². The summed E-state index contributed by atoms with van der Waals surface area (Å²) in [5.41, 5.74) is 8.20. The number of rotatable bonds is 12. The van der Waals surface area contributed by atoms with Gasteiger partial charge in [-0.25, -0.2) is 9.78 Å². The minimum absolute atomic E-state index is 0.0459. The number of aliphatic hydroxyl groups excluding tert-OH is 1. The summed E-state index contributed by atoms with van der Waals surface area (Å²) < 4.78 is 13.4. The quantitative estimate of drug-likeness (QED) is 0.0911. The second-order valence-corrected chi connectivity index (χ2v) is 22.6. The zero-order chi connectivity index (χ0) is 52.7. The van der Waals surface area contributed by atoms with E-state index < -0.39 is 65.8 Å². The van der Waals surface area contributed by atoms with Crippen LogP contribution in [0.2, 0.25) is 0 Å². The van der Waals surface area contributed by atoms with E-state index in [1.807, 2.05) is 80.8 Å². The SMILES string of the molecule is Cc1ncsc1-c1ccc([C@H](C)NC(=O)[C@@H]2C[C@@H](O)CN2C(=O)[C@@H](NC(=O)COc2ccc(-c3ccc(C4=NC(NC(=O)OC(C)(C)C)c5nnc(C)n5-c5sc(C)c(C)c54)cc3)cc2C#N)C(C)(C)C)cc1. The molecule has 3 aromatic carbocycles. The van der Waals surface area contributed by atoms with Crippen molar-refractivity contribution in [1.29, 1.82) is 5.26 Å². The number of nitriles is 1. The van der Waals surface area contributed by atoms with E-state index in [4.69, 9.17) is 14.5 Å². The Balaban J connectivity index is 0.942. The van der Waals surface area contributed by atoms with Gasteiger partial charge in [-0.2, -0.15) is 5.26 Å². The molecule has 1 fully saturated rings. The van der Waals surface area contributed by atoms with Crippen molar-refractivity contribution in [3.05, 3.63) is 122 Å². The summed E-state index contributed by atoms with van der Waals surface area (Å²) in [6.07, 6.45) is -2.44. The number of hydrogen-bond donors (Lipinski definition) is 4. The number of aliphatic hydroxyl groups is 1. The molecule has 19 heteroatoms. The Labute approximate surface area is 432 Å². The highest BCUT2D eigenvalue weighted by molar-refractivity contribution is 7.15. The van der Waals surface area contributed by atoms with Crippen LogP contribution < -0.4 is 20.7 Å². The monoisotopic (exact) mass is 1020 g/mol. The van der Waals surface area contributed by atoms with Gasteiger partial charge in [-0.3, -0.25) is 29.3 Å². The minimum Gasteiger partial charge on any atom is -0.482 e. The zero-order valence-electron chi connectivity index (χ0n) is 42.8. The lowest BCUT2D eigenvalue weighted by Gasteiger charge is -2.35. The van der Waals surface area contributed by atoms with Crippen LogP contribution in [0.4, 0.5) is 4.79 Å². The van der Waals surface area contributed by atoms with Gasteiger partial charge < -0.3 is 30.1 Å². The van der Waals surface area contributed by atoms with Crippen LogP contribution in [0.3, 0.4) is 0 Å². The summed E-state index contributed by atoms with van der Waals surface area (Å²) in [5, 5.41) is 39.4. The minimum atomic E-state index is -1.08. The summed E-state index contributed by atoms with van der Waals surface area (Å²) in [4.78, 5) is 67.8. The molecule has 0 saturated carbocycles. The third-order valence-electron chi connectivity index (χ3n) is 12.8. The second-order valence-electron chi connectivity index (χ2n) is 20.5. The molecule has 17 nitrogen and oxygen atoms in total. The van der Waals surface area contributed by atoms with E-state index in [2.05, 4.69) is 44.1 Å². The summed E-state index contributed by atoms with van der Waals surface area (Å²) in [6.45, 7) is 20.0. The molecule has 0 bridgehead atoms. The number of aromatic nitrogens is 4. The summed E-state index contributed by atoms with van der Waals surface area (Å²) in [6, 6.07) is 20.4.